The molecule has 2 atom stereocenters. The Bertz CT molecular complexity index is 308. The van der Waals surface area contributed by atoms with E-state index in [1.54, 1.807) is 6.92 Å². The minimum absolute atomic E-state index is 0.160. The number of aliphatic hydroxyl groups excluding tert-OH is 1. The van der Waals surface area contributed by atoms with Crippen LogP contribution in [0.15, 0.2) is 24.3 Å². The van der Waals surface area contributed by atoms with Gasteiger partial charge in [0.15, 0.2) is 0 Å². The monoisotopic (exact) mass is 207 g/mol. The van der Waals surface area contributed by atoms with Crippen molar-refractivity contribution in [2.45, 2.75) is 45.3 Å². The minimum Gasteiger partial charge on any atom is -0.391 e. The summed E-state index contributed by atoms with van der Waals surface area (Å²) in [5.41, 5.74) is 8.27. The first-order valence-corrected chi connectivity index (χ1v) is 5.36. The van der Waals surface area contributed by atoms with Crippen LogP contribution in [0.3, 0.4) is 0 Å². The third-order valence-corrected chi connectivity index (χ3v) is 2.68. The van der Waals surface area contributed by atoms with Crippen molar-refractivity contribution >= 4 is 0 Å². The fourth-order valence-corrected chi connectivity index (χ4v) is 1.48. The molecule has 2 heteroatoms. The maximum Gasteiger partial charge on any atom is 0.0704 e. The van der Waals surface area contributed by atoms with E-state index in [0.717, 1.165) is 5.56 Å². The third-order valence-electron chi connectivity index (χ3n) is 2.68. The molecule has 0 radical (unpaired) electrons. The van der Waals surface area contributed by atoms with Crippen LogP contribution in [-0.4, -0.2) is 11.2 Å². The summed E-state index contributed by atoms with van der Waals surface area (Å²) >= 11 is 0. The highest BCUT2D eigenvalue weighted by Crippen LogP contribution is 2.24. The van der Waals surface area contributed by atoms with Crippen molar-refractivity contribution < 1.29 is 5.11 Å². The van der Waals surface area contributed by atoms with Crippen molar-refractivity contribution in [1.82, 2.24) is 0 Å². The Morgan fingerprint density at radius 1 is 1.13 bits per heavy atom. The van der Waals surface area contributed by atoms with Crippen molar-refractivity contribution in [2.24, 2.45) is 5.73 Å². The molecule has 1 aromatic carbocycles. The zero-order valence-electron chi connectivity index (χ0n) is 9.99. The minimum atomic E-state index is -0.509. The summed E-state index contributed by atoms with van der Waals surface area (Å²) in [6.07, 6.45) is -0.509. The summed E-state index contributed by atoms with van der Waals surface area (Å²) in [6.45, 7) is 8.24. The van der Waals surface area contributed by atoms with E-state index >= 15 is 0 Å². The van der Waals surface area contributed by atoms with Gasteiger partial charge in [-0.2, -0.15) is 0 Å². The van der Waals surface area contributed by atoms with Crippen LogP contribution in [0.25, 0.3) is 0 Å². The van der Waals surface area contributed by atoms with E-state index in [-0.39, 0.29) is 11.5 Å². The molecule has 15 heavy (non-hydrogen) atoms. The lowest BCUT2D eigenvalue weighted by Gasteiger charge is -2.21. The molecule has 0 aliphatic carbocycles. The van der Waals surface area contributed by atoms with Crippen molar-refractivity contribution in [1.29, 1.82) is 0 Å². The molecule has 2 nitrogen and oxygen atoms in total. The van der Waals surface area contributed by atoms with Gasteiger partial charge in [0, 0.05) is 0 Å². The summed E-state index contributed by atoms with van der Waals surface area (Å²) in [6, 6.07) is 7.87. The van der Waals surface area contributed by atoms with Crippen LogP contribution in [0.1, 0.15) is 44.9 Å². The van der Waals surface area contributed by atoms with Crippen LogP contribution in [-0.2, 0) is 5.41 Å². The van der Waals surface area contributed by atoms with E-state index in [1.165, 1.54) is 5.56 Å². The van der Waals surface area contributed by atoms with Crippen LogP contribution in [0.4, 0.5) is 0 Å². The second kappa shape index (κ2) is 4.33. The van der Waals surface area contributed by atoms with E-state index in [2.05, 4.69) is 32.9 Å². The first kappa shape index (κ1) is 12.2. The van der Waals surface area contributed by atoms with Crippen molar-refractivity contribution in [3.05, 3.63) is 35.4 Å². The van der Waals surface area contributed by atoms with E-state index in [4.69, 9.17) is 5.73 Å². The van der Waals surface area contributed by atoms with Gasteiger partial charge in [0.25, 0.3) is 0 Å². The predicted octanol–water partition coefficient (Wildman–Crippen LogP) is 2.36. The maximum atomic E-state index is 9.38. The Balaban J connectivity index is 2.91. The fourth-order valence-electron chi connectivity index (χ4n) is 1.48. The highest BCUT2D eigenvalue weighted by Gasteiger charge is 2.15. The number of benzene rings is 1. The molecule has 0 aliphatic heterocycles. The average Bonchev–Trinajstić information content (AvgIpc) is 2.15. The molecule has 0 fully saturated rings. The summed E-state index contributed by atoms with van der Waals surface area (Å²) in [5, 5.41) is 9.38. The van der Waals surface area contributed by atoms with Gasteiger partial charge in [-0.15, -0.1) is 0 Å². The molecular formula is C13H21NO. The van der Waals surface area contributed by atoms with Gasteiger partial charge in [0.1, 0.15) is 0 Å². The highest BCUT2D eigenvalue weighted by atomic mass is 16.3. The quantitative estimate of drug-likeness (QED) is 0.782. The molecule has 0 amide bonds. The molecule has 1 rings (SSSR count). The smallest absolute Gasteiger partial charge is 0.0704 e. The molecule has 0 spiro atoms. The second-order valence-corrected chi connectivity index (χ2v) is 5.14. The Kier molecular flexibility index (Phi) is 3.53. The molecule has 1 aromatic rings. The van der Waals surface area contributed by atoms with Gasteiger partial charge >= 0.3 is 0 Å². The summed E-state index contributed by atoms with van der Waals surface area (Å²) < 4.78 is 0. The number of hydrogen-bond donors (Lipinski definition) is 2. The molecule has 0 aliphatic rings. The number of rotatable bonds is 2. The van der Waals surface area contributed by atoms with Crippen LogP contribution in [0.2, 0.25) is 0 Å². The molecule has 0 heterocycles. The largest absolute Gasteiger partial charge is 0.391 e. The normalized spacial score (nSPS) is 16.1. The summed E-state index contributed by atoms with van der Waals surface area (Å²) in [4.78, 5) is 0. The lowest BCUT2D eigenvalue weighted by molar-refractivity contribution is 0.164. The number of nitrogens with two attached hydrogens (primary N) is 1. The van der Waals surface area contributed by atoms with Gasteiger partial charge in [-0.05, 0) is 23.5 Å². The standard InChI is InChI=1S/C13H21NO/c1-9(15)12(14)10-5-7-11(8-6-10)13(2,3)4/h5-9,12,15H,14H2,1-4H3/t9-,12-/m0/s1. The summed E-state index contributed by atoms with van der Waals surface area (Å²) in [5.74, 6) is 0. The molecule has 0 unspecified atom stereocenters. The van der Waals surface area contributed by atoms with E-state index in [1.807, 2.05) is 12.1 Å². The van der Waals surface area contributed by atoms with E-state index in [9.17, 15) is 5.11 Å². The lowest BCUT2D eigenvalue weighted by atomic mass is 9.86. The Labute approximate surface area is 92.1 Å². The maximum absolute atomic E-state index is 9.38. The molecule has 84 valence electrons. The predicted molar refractivity (Wildman–Crippen MR) is 63.8 cm³/mol. The van der Waals surface area contributed by atoms with Crippen LogP contribution >= 0.6 is 0 Å². The Morgan fingerprint density at radius 3 is 1.93 bits per heavy atom. The van der Waals surface area contributed by atoms with Gasteiger partial charge in [0.2, 0.25) is 0 Å². The van der Waals surface area contributed by atoms with E-state index in [0.29, 0.717) is 0 Å². The number of hydrogen-bond acceptors (Lipinski definition) is 2. The van der Waals surface area contributed by atoms with Crippen molar-refractivity contribution in [3.63, 3.8) is 0 Å². The summed E-state index contributed by atoms with van der Waals surface area (Å²) in [7, 11) is 0. The highest BCUT2D eigenvalue weighted by molar-refractivity contribution is 5.29. The Morgan fingerprint density at radius 2 is 1.60 bits per heavy atom. The molecule has 0 saturated heterocycles. The lowest BCUT2D eigenvalue weighted by Crippen LogP contribution is -2.23. The van der Waals surface area contributed by atoms with Gasteiger partial charge < -0.3 is 10.8 Å². The van der Waals surface area contributed by atoms with Crippen molar-refractivity contribution in [2.75, 3.05) is 0 Å². The van der Waals surface area contributed by atoms with Gasteiger partial charge in [0.05, 0.1) is 12.1 Å². The van der Waals surface area contributed by atoms with Gasteiger partial charge in [-0.3, -0.25) is 0 Å². The molecule has 0 aromatic heterocycles. The van der Waals surface area contributed by atoms with Crippen LogP contribution < -0.4 is 5.73 Å². The molecule has 3 N–H and O–H groups in total. The van der Waals surface area contributed by atoms with Crippen LogP contribution in [0, 0.1) is 0 Å². The number of aliphatic hydroxyl groups is 1. The Hall–Kier alpha value is -0.860. The average molecular weight is 207 g/mol. The fraction of sp³-hybridized carbons (Fsp3) is 0.538. The third kappa shape index (κ3) is 3.05. The van der Waals surface area contributed by atoms with Gasteiger partial charge in [-0.25, -0.2) is 0 Å². The van der Waals surface area contributed by atoms with Gasteiger partial charge in [-0.1, -0.05) is 45.0 Å². The first-order chi connectivity index (χ1) is 6.82. The zero-order valence-corrected chi connectivity index (χ0v) is 9.99. The second-order valence-electron chi connectivity index (χ2n) is 5.14. The zero-order chi connectivity index (χ0) is 11.6. The van der Waals surface area contributed by atoms with E-state index < -0.39 is 6.10 Å². The molecular weight excluding hydrogens is 186 g/mol. The molecule has 0 bridgehead atoms. The van der Waals surface area contributed by atoms with Crippen molar-refractivity contribution in [3.8, 4) is 0 Å². The topological polar surface area (TPSA) is 46.2 Å². The van der Waals surface area contributed by atoms with Crippen LogP contribution in [0.5, 0.6) is 0 Å². The first-order valence-electron chi connectivity index (χ1n) is 5.36. The molecule has 0 saturated carbocycles. The SMILES string of the molecule is C[C@H](O)[C@H](N)c1ccc(C(C)(C)C)cc1.